The van der Waals surface area contributed by atoms with E-state index in [0.717, 1.165) is 15.9 Å². The number of benzene rings is 1. The molecule has 0 bridgehead atoms. The zero-order valence-corrected chi connectivity index (χ0v) is 15.0. The van der Waals surface area contributed by atoms with Gasteiger partial charge in [-0.05, 0) is 37.9 Å². The number of hydrogen-bond donors (Lipinski definition) is 1. The second-order valence-corrected chi connectivity index (χ2v) is 5.68. The summed E-state index contributed by atoms with van der Waals surface area (Å²) in [4.78, 5) is 0. The summed E-state index contributed by atoms with van der Waals surface area (Å²) < 4.78 is 23.0. The lowest BCUT2D eigenvalue weighted by Crippen LogP contribution is -2.01. The van der Waals surface area contributed by atoms with Gasteiger partial charge in [0.15, 0.2) is 16.2 Å². The van der Waals surface area contributed by atoms with Crippen LogP contribution in [0.1, 0.15) is 5.76 Å². The van der Waals surface area contributed by atoms with Crippen molar-refractivity contribution in [1.82, 2.24) is 0 Å². The minimum atomic E-state index is 0.531. The minimum Gasteiger partial charge on any atom is -0.493 e. The van der Waals surface area contributed by atoms with Gasteiger partial charge in [-0.15, -0.1) is 0 Å². The molecule has 0 aliphatic rings. The Morgan fingerprint density at radius 1 is 1.00 bits per heavy atom. The number of ether oxygens (including phenoxy) is 3. The van der Waals surface area contributed by atoms with E-state index in [0.29, 0.717) is 28.5 Å². The van der Waals surface area contributed by atoms with Gasteiger partial charge in [-0.25, -0.2) is 0 Å². The fraction of sp³-hybridized carbons (Fsp3) is 0.286. The molecule has 0 aliphatic heterocycles. The maximum Gasteiger partial charge on any atom is 0.203 e. The molecule has 1 aromatic heterocycles. The number of furan rings is 1. The number of methoxy groups -OCH3 is 3. The van der Waals surface area contributed by atoms with Gasteiger partial charge in [-0.1, -0.05) is 0 Å². The molecular formula is C14H15Br2NO4. The molecule has 7 heteroatoms. The largest absolute Gasteiger partial charge is 0.493 e. The SMILES string of the molecule is COc1cc(NCc2cc(Br)c(Br)o2)cc(OC)c1OC. The van der Waals surface area contributed by atoms with Crippen molar-refractivity contribution in [1.29, 1.82) is 0 Å². The highest BCUT2D eigenvalue weighted by Gasteiger charge is 2.13. The number of rotatable bonds is 6. The molecule has 0 amide bonds. The summed E-state index contributed by atoms with van der Waals surface area (Å²) in [6.45, 7) is 0.531. The number of nitrogens with one attached hydrogen (secondary N) is 1. The first-order valence-corrected chi connectivity index (χ1v) is 7.65. The van der Waals surface area contributed by atoms with Crippen molar-refractivity contribution in [2.45, 2.75) is 6.54 Å². The fourth-order valence-corrected chi connectivity index (χ4v) is 2.51. The van der Waals surface area contributed by atoms with Crippen LogP contribution < -0.4 is 19.5 Å². The van der Waals surface area contributed by atoms with Gasteiger partial charge < -0.3 is 23.9 Å². The van der Waals surface area contributed by atoms with E-state index >= 15 is 0 Å². The molecule has 0 spiro atoms. The van der Waals surface area contributed by atoms with Crippen LogP contribution in [0.25, 0.3) is 0 Å². The van der Waals surface area contributed by atoms with Gasteiger partial charge in [0.25, 0.3) is 0 Å². The Labute approximate surface area is 139 Å². The standard InChI is InChI=1S/C14H15Br2NO4/c1-18-11-4-8(5-12(19-2)13(11)20-3)17-7-9-6-10(15)14(16)21-9/h4-6,17H,7H2,1-3H3. The lowest BCUT2D eigenvalue weighted by atomic mass is 10.2. The van der Waals surface area contributed by atoms with Crippen molar-refractivity contribution in [3.63, 3.8) is 0 Å². The van der Waals surface area contributed by atoms with Crippen LogP contribution in [0.2, 0.25) is 0 Å². The average Bonchev–Trinajstić information content (AvgIpc) is 2.82. The van der Waals surface area contributed by atoms with Crippen LogP contribution in [0.3, 0.4) is 0 Å². The van der Waals surface area contributed by atoms with Crippen LogP contribution in [0, 0.1) is 0 Å². The van der Waals surface area contributed by atoms with E-state index in [-0.39, 0.29) is 0 Å². The first kappa shape index (κ1) is 16.0. The molecule has 0 unspecified atom stereocenters. The second kappa shape index (κ2) is 7.09. The summed E-state index contributed by atoms with van der Waals surface area (Å²) in [6, 6.07) is 5.58. The number of anilines is 1. The quantitative estimate of drug-likeness (QED) is 0.748. The third kappa shape index (κ3) is 3.65. The monoisotopic (exact) mass is 419 g/mol. The lowest BCUT2D eigenvalue weighted by molar-refractivity contribution is 0.324. The van der Waals surface area contributed by atoms with Gasteiger partial charge in [-0.3, -0.25) is 0 Å². The highest BCUT2D eigenvalue weighted by molar-refractivity contribution is 9.13. The molecule has 0 saturated heterocycles. The molecule has 0 aliphatic carbocycles. The number of hydrogen-bond acceptors (Lipinski definition) is 5. The van der Waals surface area contributed by atoms with Gasteiger partial charge in [0, 0.05) is 17.8 Å². The van der Waals surface area contributed by atoms with E-state index < -0.39 is 0 Å². The maximum absolute atomic E-state index is 5.51. The van der Waals surface area contributed by atoms with Crippen molar-refractivity contribution in [3.8, 4) is 17.2 Å². The van der Waals surface area contributed by atoms with E-state index in [1.165, 1.54) is 0 Å². The molecule has 0 fully saturated rings. The Balaban J connectivity index is 2.19. The predicted octanol–water partition coefficient (Wildman–Crippen LogP) is 4.44. The predicted molar refractivity (Wildman–Crippen MR) is 87.5 cm³/mol. The molecule has 5 nitrogen and oxygen atoms in total. The van der Waals surface area contributed by atoms with Gasteiger partial charge in [-0.2, -0.15) is 0 Å². The van der Waals surface area contributed by atoms with Crippen molar-refractivity contribution >= 4 is 37.5 Å². The molecular weight excluding hydrogens is 406 g/mol. The summed E-state index contributed by atoms with van der Waals surface area (Å²) in [7, 11) is 4.75. The molecule has 0 saturated carbocycles. The molecule has 1 N–H and O–H groups in total. The van der Waals surface area contributed by atoms with Gasteiger partial charge in [0.05, 0.1) is 32.3 Å². The van der Waals surface area contributed by atoms with Crippen molar-refractivity contribution in [3.05, 3.63) is 33.1 Å². The summed E-state index contributed by atoms with van der Waals surface area (Å²) in [6.07, 6.45) is 0. The molecule has 1 aromatic carbocycles. The van der Waals surface area contributed by atoms with Crippen LogP contribution in [0.4, 0.5) is 5.69 Å². The normalized spacial score (nSPS) is 10.3. The Kier molecular flexibility index (Phi) is 5.41. The van der Waals surface area contributed by atoms with E-state index in [1.54, 1.807) is 21.3 Å². The van der Waals surface area contributed by atoms with Crippen LogP contribution in [0.15, 0.2) is 31.8 Å². The van der Waals surface area contributed by atoms with Crippen molar-refractivity contribution in [2.24, 2.45) is 0 Å². The highest BCUT2D eigenvalue weighted by atomic mass is 79.9. The molecule has 2 rings (SSSR count). The molecule has 2 aromatic rings. The molecule has 114 valence electrons. The molecule has 21 heavy (non-hydrogen) atoms. The molecule has 0 atom stereocenters. The number of halogens is 2. The topological polar surface area (TPSA) is 52.9 Å². The summed E-state index contributed by atoms with van der Waals surface area (Å²) >= 11 is 6.69. The fourth-order valence-electron chi connectivity index (χ4n) is 1.85. The van der Waals surface area contributed by atoms with E-state index in [1.807, 2.05) is 18.2 Å². The Morgan fingerprint density at radius 2 is 1.62 bits per heavy atom. The van der Waals surface area contributed by atoms with Gasteiger partial charge >= 0.3 is 0 Å². The first-order valence-electron chi connectivity index (χ1n) is 6.06. The van der Waals surface area contributed by atoms with Crippen LogP contribution >= 0.6 is 31.9 Å². The van der Waals surface area contributed by atoms with Crippen molar-refractivity contribution < 1.29 is 18.6 Å². The second-order valence-electron chi connectivity index (χ2n) is 4.10. The maximum atomic E-state index is 5.51. The van der Waals surface area contributed by atoms with E-state index in [9.17, 15) is 0 Å². The Hall–Kier alpha value is -1.34. The van der Waals surface area contributed by atoms with Gasteiger partial charge in [0.2, 0.25) is 5.75 Å². The zero-order chi connectivity index (χ0) is 15.4. The van der Waals surface area contributed by atoms with Crippen LogP contribution in [-0.4, -0.2) is 21.3 Å². The van der Waals surface area contributed by atoms with Crippen LogP contribution in [-0.2, 0) is 6.54 Å². The van der Waals surface area contributed by atoms with Gasteiger partial charge in [0.1, 0.15) is 5.76 Å². The summed E-state index contributed by atoms with van der Waals surface area (Å²) in [5.74, 6) is 2.55. The smallest absolute Gasteiger partial charge is 0.203 e. The summed E-state index contributed by atoms with van der Waals surface area (Å²) in [5.41, 5.74) is 0.841. The third-order valence-electron chi connectivity index (χ3n) is 2.83. The first-order chi connectivity index (χ1) is 10.1. The molecule has 1 heterocycles. The Morgan fingerprint density at radius 3 is 2.05 bits per heavy atom. The van der Waals surface area contributed by atoms with E-state index in [4.69, 9.17) is 18.6 Å². The van der Waals surface area contributed by atoms with Crippen LogP contribution in [0.5, 0.6) is 17.2 Å². The summed E-state index contributed by atoms with van der Waals surface area (Å²) in [5, 5.41) is 3.25. The zero-order valence-electron chi connectivity index (χ0n) is 11.8. The third-order valence-corrected chi connectivity index (χ3v) is 4.54. The minimum absolute atomic E-state index is 0.531. The van der Waals surface area contributed by atoms with E-state index in [2.05, 4.69) is 37.2 Å². The molecule has 0 radical (unpaired) electrons. The van der Waals surface area contributed by atoms with Crippen molar-refractivity contribution in [2.75, 3.05) is 26.6 Å². The Bertz CT molecular complexity index is 583. The lowest BCUT2D eigenvalue weighted by Gasteiger charge is -2.14. The highest BCUT2D eigenvalue weighted by Crippen LogP contribution is 2.40. The average molecular weight is 421 g/mol.